The number of hydrogen-bond acceptors (Lipinski definition) is 5. The number of phenolic OH excluding ortho intramolecular Hbond substituents is 1. The molecule has 1 atom stereocenters. The van der Waals surface area contributed by atoms with Gasteiger partial charge in [0.15, 0.2) is 6.23 Å². The lowest BCUT2D eigenvalue weighted by Crippen LogP contribution is -2.72. The number of nitrogens with zero attached hydrogens (tertiary/aromatic N) is 2. The van der Waals surface area contributed by atoms with Crippen molar-refractivity contribution in [2.45, 2.75) is 65.3 Å². The lowest BCUT2D eigenvalue weighted by Gasteiger charge is -2.61. The van der Waals surface area contributed by atoms with E-state index in [1.54, 1.807) is 12.1 Å². The van der Waals surface area contributed by atoms with E-state index in [0.717, 1.165) is 53.6 Å². The van der Waals surface area contributed by atoms with Gasteiger partial charge in [0.05, 0.1) is 17.1 Å². The minimum atomic E-state index is -0.132. The Morgan fingerprint density at radius 3 is 2.44 bits per heavy atom. The third-order valence-corrected chi connectivity index (χ3v) is 7.51. The monoisotopic (exact) mass is 435 g/mol. The first kappa shape index (κ1) is 21.3. The van der Waals surface area contributed by atoms with Gasteiger partial charge in [-0.15, -0.1) is 0 Å². The summed E-state index contributed by atoms with van der Waals surface area (Å²) in [7, 11) is 0. The molecule has 1 aliphatic heterocycles. The first-order valence-corrected chi connectivity index (χ1v) is 11.5. The zero-order valence-electron chi connectivity index (χ0n) is 19.3. The first-order valence-electron chi connectivity index (χ1n) is 11.5. The fraction of sp³-hybridized carbons (Fsp3) is 0.500. The van der Waals surface area contributed by atoms with Crippen LogP contribution >= 0.6 is 0 Å². The quantitative estimate of drug-likeness (QED) is 0.585. The molecule has 2 aliphatic rings. The molecule has 170 valence electrons. The molecule has 0 radical (unpaired) electrons. The fourth-order valence-corrected chi connectivity index (χ4v) is 5.76. The van der Waals surface area contributed by atoms with Crippen molar-refractivity contribution in [1.29, 1.82) is 0 Å². The number of aromatic hydroxyl groups is 1. The van der Waals surface area contributed by atoms with Crippen LogP contribution in [-0.4, -0.2) is 33.6 Å². The predicted octanol–water partition coefficient (Wildman–Crippen LogP) is 5.25. The molecule has 5 rings (SSSR count). The van der Waals surface area contributed by atoms with E-state index >= 15 is 0 Å². The lowest BCUT2D eigenvalue weighted by molar-refractivity contribution is -0.154. The van der Waals surface area contributed by atoms with Crippen LogP contribution in [-0.2, 0) is 4.74 Å². The van der Waals surface area contributed by atoms with E-state index in [1.165, 1.54) is 0 Å². The molecule has 3 N–H and O–H groups in total. The summed E-state index contributed by atoms with van der Waals surface area (Å²) in [6, 6.07) is 11.5. The maximum atomic E-state index is 9.74. The lowest BCUT2D eigenvalue weighted by atomic mass is 9.50. The Balaban J connectivity index is 1.62. The maximum Gasteiger partial charge on any atom is 0.150 e. The van der Waals surface area contributed by atoms with Gasteiger partial charge in [-0.25, -0.2) is 4.68 Å². The molecule has 6 heteroatoms. The largest absolute Gasteiger partial charge is 0.508 e. The number of rotatable bonds is 4. The third-order valence-electron chi connectivity index (χ3n) is 7.51. The van der Waals surface area contributed by atoms with E-state index in [4.69, 9.17) is 20.3 Å². The molecule has 1 unspecified atom stereocenters. The Labute approximate surface area is 189 Å². The number of aromatic nitrogens is 2. The van der Waals surface area contributed by atoms with Crippen LogP contribution in [0.1, 0.15) is 53.2 Å². The van der Waals surface area contributed by atoms with Gasteiger partial charge in [-0.3, -0.25) is 0 Å². The minimum absolute atomic E-state index is 0.0162. The molecular weight excluding hydrogens is 402 g/mol. The van der Waals surface area contributed by atoms with Gasteiger partial charge in [-0.05, 0) is 54.7 Å². The molecular formula is C26H33N3O3. The third kappa shape index (κ3) is 3.28. The maximum absolute atomic E-state index is 9.74. The topological polar surface area (TPSA) is 82.5 Å². The van der Waals surface area contributed by atoms with Gasteiger partial charge in [0.25, 0.3) is 0 Å². The van der Waals surface area contributed by atoms with Crippen LogP contribution in [0.5, 0.6) is 11.5 Å². The number of nitrogens with two attached hydrogens (primary N) is 1. The highest BCUT2D eigenvalue weighted by molar-refractivity contribution is 5.90. The van der Waals surface area contributed by atoms with Crippen molar-refractivity contribution in [1.82, 2.24) is 9.78 Å². The van der Waals surface area contributed by atoms with E-state index in [2.05, 4.69) is 39.8 Å². The molecule has 0 amide bonds. The first-order chi connectivity index (χ1) is 15.2. The van der Waals surface area contributed by atoms with Gasteiger partial charge >= 0.3 is 0 Å². The SMILES string of the molecule is CC1(C)C(N)C(C)(C)C1Oc1cc(-c2ccc(O)cc2)cc2c1cnn2C1CCCCO1. The number of benzene rings is 2. The predicted molar refractivity (Wildman–Crippen MR) is 126 cm³/mol. The van der Waals surface area contributed by atoms with Crippen LogP contribution in [0.15, 0.2) is 42.6 Å². The molecule has 1 saturated heterocycles. The average Bonchev–Trinajstić information content (AvgIpc) is 3.22. The number of phenols is 1. The van der Waals surface area contributed by atoms with Crippen LogP contribution in [0, 0.1) is 10.8 Å². The van der Waals surface area contributed by atoms with E-state index in [0.29, 0.717) is 0 Å². The van der Waals surface area contributed by atoms with Crippen LogP contribution in [0.2, 0.25) is 0 Å². The molecule has 2 aromatic carbocycles. The standard InChI is InChI=1S/C26H33N3O3/c1-25(2)23(27)26(3,4)24(25)32-21-14-17(16-8-10-18(30)11-9-16)13-20-19(21)15-28-29(20)22-7-5-6-12-31-22/h8-11,13-15,22-24,30H,5-7,12,27H2,1-4H3. The van der Waals surface area contributed by atoms with Crippen molar-refractivity contribution < 1.29 is 14.6 Å². The van der Waals surface area contributed by atoms with Crippen LogP contribution in [0.3, 0.4) is 0 Å². The Hall–Kier alpha value is -2.57. The Morgan fingerprint density at radius 2 is 1.78 bits per heavy atom. The summed E-state index contributed by atoms with van der Waals surface area (Å²) in [5, 5.41) is 15.4. The zero-order valence-corrected chi connectivity index (χ0v) is 19.3. The second-order valence-electron chi connectivity index (χ2n) is 10.5. The summed E-state index contributed by atoms with van der Waals surface area (Å²) < 4.78 is 14.8. The van der Waals surface area contributed by atoms with Crippen LogP contribution in [0.4, 0.5) is 0 Å². The Morgan fingerprint density at radius 1 is 1.06 bits per heavy atom. The number of fused-ring (bicyclic) bond motifs is 1. The van der Waals surface area contributed by atoms with Gasteiger partial charge in [-0.2, -0.15) is 5.10 Å². The highest BCUT2D eigenvalue weighted by atomic mass is 16.5. The van der Waals surface area contributed by atoms with E-state index < -0.39 is 0 Å². The van der Waals surface area contributed by atoms with Gasteiger partial charge in [0, 0.05) is 23.5 Å². The summed E-state index contributed by atoms with van der Waals surface area (Å²) in [5.41, 5.74) is 9.25. The van der Waals surface area contributed by atoms with Gasteiger partial charge in [0.2, 0.25) is 0 Å². The average molecular weight is 436 g/mol. The zero-order chi connectivity index (χ0) is 22.7. The molecule has 2 fully saturated rings. The Bertz CT molecular complexity index is 1110. The van der Waals surface area contributed by atoms with Gasteiger partial charge in [-0.1, -0.05) is 39.8 Å². The second kappa shape index (κ2) is 7.49. The summed E-state index contributed by atoms with van der Waals surface area (Å²) in [6.45, 7) is 9.46. The Kier molecular flexibility index (Phi) is 4.98. The highest BCUT2D eigenvalue weighted by Crippen LogP contribution is 2.55. The smallest absolute Gasteiger partial charge is 0.150 e. The van der Waals surface area contributed by atoms with Crippen LogP contribution in [0.25, 0.3) is 22.0 Å². The van der Waals surface area contributed by atoms with E-state index in [-0.39, 0.29) is 35.0 Å². The van der Waals surface area contributed by atoms with Crippen molar-refractivity contribution in [2.24, 2.45) is 16.6 Å². The van der Waals surface area contributed by atoms with Crippen molar-refractivity contribution in [3.05, 3.63) is 42.6 Å². The second-order valence-corrected chi connectivity index (χ2v) is 10.5. The van der Waals surface area contributed by atoms with Crippen molar-refractivity contribution in [3.8, 4) is 22.6 Å². The fourth-order valence-electron chi connectivity index (χ4n) is 5.76. The van der Waals surface area contributed by atoms with Gasteiger partial charge < -0.3 is 20.3 Å². The molecule has 32 heavy (non-hydrogen) atoms. The molecule has 6 nitrogen and oxygen atoms in total. The molecule has 0 bridgehead atoms. The normalized spacial score (nSPS) is 26.6. The molecule has 1 saturated carbocycles. The molecule has 0 spiro atoms. The highest BCUT2D eigenvalue weighted by Gasteiger charge is 2.62. The molecule has 2 heterocycles. The molecule has 1 aliphatic carbocycles. The summed E-state index contributed by atoms with van der Waals surface area (Å²) in [4.78, 5) is 0. The van der Waals surface area contributed by atoms with E-state index in [1.807, 2.05) is 23.0 Å². The minimum Gasteiger partial charge on any atom is -0.508 e. The molecule has 3 aromatic rings. The summed E-state index contributed by atoms with van der Waals surface area (Å²) in [5.74, 6) is 1.06. The van der Waals surface area contributed by atoms with Gasteiger partial charge in [0.1, 0.15) is 17.6 Å². The van der Waals surface area contributed by atoms with E-state index in [9.17, 15) is 5.11 Å². The van der Waals surface area contributed by atoms with Crippen molar-refractivity contribution in [2.75, 3.05) is 6.61 Å². The van der Waals surface area contributed by atoms with Crippen LogP contribution < -0.4 is 10.5 Å². The van der Waals surface area contributed by atoms with Crippen molar-refractivity contribution in [3.63, 3.8) is 0 Å². The molecule has 1 aromatic heterocycles. The van der Waals surface area contributed by atoms with Crippen molar-refractivity contribution >= 4 is 10.9 Å². The summed E-state index contributed by atoms with van der Waals surface area (Å²) >= 11 is 0. The number of hydrogen-bond donors (Lipinski definition) is 2. The summed E-state index contributed by atoms with van der Waals surface area (Å²) in [6.07, 6.45) is 4.99. The number of ether oxygens (including phenoxy) is 2.